The number of carbonyl (C=O) groups excluding carboxylic acids is 1. The molecule has 0 unspecified atom stereocenters. The Morgan fingerprint density at radius 3 is 2.43 bits per heavy atom. The van der Waals surface area contributed by atoms with Crippen LogP contribution in [0.4, 0.5) is 5.69 Å². The molecule has 4 rings (SSSR count). The zero-order chi connectivity index (χ0) is 21.5. The maximum Gasteiger partial charge on any atom is 0.266 e. The normalized spacial score (nSPS) is 17.9. The summed E-state index contributed by atoms with van der Waals surface area (Å²) >= 11 is 7.91. The SMILES string of the molecule is CN(C)c1ccc(CN(C(=O)c2sc3ccccc3c2Cl)[C@H]2CCS(=O)(=O)C2)cc1. The second-order valence-electron chi connectivity index (χ2n) is 7.79. The quantitative estimate of drug-likeness (QED) is 0.562. The Balaban J connectivity index is 1.69. The van der Waals surface area contributed by atoms with Gasteiger partial charge in [-0.05, 0) is 30.2 Å². The lowest BCUT2D eigenvalue weighted by Crippen LogP contribution is -2.40. The molecule has 0 spiro atoms. The maximum atomic E-state index is 13.6. The number of anilines is 1. The Bertz CT molecular complexity index is 1190. The molecule has 30 heavy (non-hydrogen) atoms. The largest absolute Gasteiger partial charge is 0.378 e. The molecule has 3 aromatic rings. The van der Waals surface area contributed by atoms with Gasteiger partial charge in [-0.25, -0.2) is 8.42 Å². The number of nitrogens with zero attached hydrogens (tertiary/aromatic N) is 2. The summed E-state index contributed by atoms with van der Waals surface area (Å²) in [5, 5.41) is 1.29. The van der Waals surface area contributed by atoms with Gasteiger partial charge in [-0.2, -0.15) is 0 Å². The number of fused-ring (bicyclic) bond motifs is 1. The first kappa shape index (κ1) is 21.2. The van der Waals surface area contributed by atoms with Gasteiger partial charge in [0.1, 0.15) is 4.88 Å². The van der Waals surface area contributed by atoms with Gasteiger partial charge in [0, 0.05) is 42.5 Å². The van der Waals surface area contributed by atoms with Gasteiger partial charge >= 0.3 is 0 Å². The molecule has 1 fully saturated rings. The van der Waals surface area contributed by atoms with Gasteiger partial charge in [0.15, 0.2) is 9.84 Å². The molecule has 158 valence electrons. The molecule has 8 heteroatoms. The molecule has 1 aliphatic rings. The van der Waals surface area contributed by atoms with Crippen molar-refractivity contribution in [3.63, 3.8) is 0 Å². The fourth-order valence-electron chi connectivity index (χ4n) is 3.77. The Kier molecular flexibility index (Phi) is 5.79. The van der Waals surface area contributed by atoms with E-state index >= 15 is 0 Å². The van der Waals surface area contributed by atoms with Crippen molar-refractivity contribution < 1.29 is 13.2 Å². The number of hydrogen-bond donors (Lipinski definition) is 0. The molecule has 0 bridgehead atoms. The van der Waals surface area contributed by atoms with Gasteiger partial charge in [0.05, 0.1) is 16.5 Å². The number of benzene rings is 2. The molecule has 0 saturated carbocycles. The molecule has 1 aliphatic heterocycles. The van der Waals surface area contributed by atoms with E-state index in [9.17, 15) is 13.2 Å². The van der Waals surface area contributed by atoms with Gasteiger partial charge < -0.3 is 9.80 Å². The van der Waals surface area contributed by atoms with Crippen molar-refractivity contribution in [2.24, 2.45) is 0 Å². The lowest BCUT2D eigenvalue weighted by molar-refractivity contribution is 0.0686. The first-order chi connectivity index (χ1) is 14.2. The van der Waals surface area contributed by atoms with Crippen LogP contribution >= 0.6 is 22.9 Å². The minimum atomic E-state index is -3.13. The number of rotatable bonds is 5. The fraction of sp³-hybridized carbons (Fsp3) is 0.318. The van der Waals surface area contributed by atoms with E-state index in [0.717, 1.165) is 21.3 Å². The monoisotopic (exact) mass is 462 g/mol. The minimum absolute atomic E-state index is 0.00294. The zero-order valence-electron chi connectivity index (χ0n) is 16.8. The molecule has 0 radical (unpaired) electrons. The average molecular weight is 463 g/mol. The van der Waals surface area contributed by atoms with Crippen LogP contribution in [0.25, 0.3) is 10.1 Å². The Labute approximate surface area is 185 Å². The first-order valence-electron chi connectivity index (χ1n) is 9.70. The highest BCUT2D eigenvalue weighted by Gasteiger charge is 2.36. The molecular weight excluding hydrogens is 440 g/mol. The third-order valence-corrected chi connectivity index (χ3v) is 8.86. The summed E-state index contributed by atoms with van der Waals surface area (Å²) in [6, 6.07) is 15.2. The van der Waals surface area contributed by atoms with Gasteiger partial charge in [-0.1, -0.05) is 41.9 Å². The highest BCUT2D eigenvalue weighted by Crippen LogP contribution is 2.37. The summed E-state index contributed by atoms with van der Waals surface area (Å²) in [5.74, 6) is -0.0990. The van der Waals surface area contributed by atoms with Crippen molar-refractivity contribution in [1.82, 2.24) is 4.90 Å². The molecule has 2 heterocycles. The van der Waals surface area contributed by atoms with E-state index in [2.05, 4.69) is 0 Å². The number of amides is 1. The third kappa shape index (κ3) is 4.19. The smallest absolute Gasteiger partial charge is 0.266 e. The van der Waals surface area contributed by atoms with Crippen LogP contribution in [0.5, 0.6) is 0 Å². The second kappa shape index (κ2) is 8.21. The molecule has 0 N–H and O–H groups in total. The summed E-state index contributed by atoms with van der Waals surface area (Å²) < 4.78 is 25.2. The lowest BCUT2D eigenvalue weighted by Gasteiger charge is -2.28. The first-order valence-corrected chi connectivity index (χ1v) is 12.7. The average Bonchev–Trinajstić information content (AvgIpc) is 3.25. The molecule has 1 amide bonds. The second-order valence-corrected chi connectivity index (χ2v) is 11.5. The Morgan fingerprint density at radius 1 is 1.13 bits per heavy atom. The summed E-state index contributed by atoms with van der Waals surface area (Å²) in [6.45, 7) is 0.345. The number of carbonyl (C=O) groups is 1. The zero-order valence-corrected chi connectivity index (χ0v) is 19.2. The van der Waals surface area contributed by atoms with Crippen LogP contribution in [0.1, 0.15) is 21.7 Å². The van der Waals surface area contributed by atoms with E-state index in [1.165, 1.54) is 11.3 Å². The Morgan fingerprint density at radius 2 is 1.83 bits per heavy atom. The van der Waals surface area contributed by atoms with Crippen LogP contribution in [-0.2, 0) is 16.4 Å². The van der Waals surface area contributed by atoms with Crippen LogP contribution in [0.2, 0.25) is 5.02 Å². The molecule has 1 aromatic heterocycles. The molecule has 5 nitrogen and oxygen atoms in total. The number of hydrogen-bond acceptors (Lipinski definition) is 5. The van der Waals surface area contributed by atoms with Gasteiger partial charge in [0.2, 0.25) is 0 Å². The van der Waals surface area contributed by atoms with E-state index in [0.29, 0.717) is 22.9 Å². The molecule has 1 atom stereocenters. The van der Waals surface area contributed by atoms with E-state index < -0.39 is 9.84 Å². The number of thiophene rings is 1. The topological polar surface area (TPSA) is 57.7 Å². The van der Waals surface area contributed by atoms with Crippen molar-refractivity contribution in [3.05, 3.63) is 64.0 Å². The fourth-order valence-corrected chi connectivity index (χ4v) is 6.96. The van der Waals surface area contributed by atoms with Crippen molar-refractivity contribution in [2.75, 3.05) is 30.5 Å². The predicted octanol–water partition coefficient (Wildman–Crippen LogP) is 4.45. The van der Waals surface area contributed by atoms with Crippen molar-refractivity contribution >= 4 is 54.5 Å². The Hall–Kier alpha value is -2.09. The lowest BCUT2D eigenvalue weighted by atomic mass is 10.1. The van der Waals surface area contributed by atoms with E-state index in [4.69, 9.17) is 11.6 Å². The highest BCUT2D eigenvalue weighted by atomic mass is 35.5. The summed E-state index contributed by atoms with van der Waals surface area (Å²) in [6.07, 6.45) is 0.451. The summed E-state index contributed by atoms with van der Waals surface area (Å²) in [4.78, 5) is 17.7. The van der Waals surface area contributed by atoms with Gasteiger partial charge in [-0.3, -0.25) is 4.79 Å². The third-order valence-electron chi connectivity index (χ3n) is 5.44. The van der Waals surface area contributed by atoms with Crippen molar-refractivity contribution in [1.29, 1.82) is 0 Å². The van der Waals surface area contributed by atoms with E-state index in [1.807, 2.05) is 67.5 Å². The minimum Gasteiger partial charge on any atom is -0.378 e. The van der Waals surface area contributed by atoms with Gasteiger partial charge in [0.25, 0.3) is 5.91 Å². The van der Waals surface area contributed by atoms with Gasteiger partial charge in [-0.15, -0.1) is 11.3 Å². The van der Waals surface area contributed by atoms with E-state index in [-0.39, 0.29) is 23.5 Å². The number of halogens is 1. The predicted molar refractivity (Wildman–Crippen MR) is 125 cm³/mol. The summed E-state index contributed by atoms with van der Waals surface area (Å²) in [5.41, 5.74) is 2.02. The van der Waals surface area contributed by atoms with Crippen LogP contribution in [0.3, 0.4) is 0 Å². The van der Waals surface area contributed by atoms with Crippen LogP contribution in [0, 0.1) is 0 Å². The van der Waals surface area contributed by atoms with E-state index in [1.54, 1.807) is 4.90 Å². The molecule has 2 aromatic carbocycles. The van der Waals surface area contributed by atoms with Crippen molar-refractivity contribution in [2.45, 2.75) is 19.0 Å². The number of sulfone groups is 1. The van der Waals surface area contributed by atoms with Crippen LogP contribution < -0.4 is 4.90 Å². The van der Waals surface area contributed by atoms with Crippen molar-refractivity contribution in [3.8, 4) is 0 Å². The molecule has 0 aliphatic carbocycles. The highest BCUT2D eigenvalue weighted by molar-refractivity contribution is 7.91. The maximum absolute atomic E-state index is 13.6. The molecular formula is C22H23ClN2O3S2. The summed E-state index contributed by atoms with van der Waals surface area (Å²) in [7, 11) is 0.809. The molecule has 1 saturated heterocycles. The van der Waals surface area contributed by atoms with Crippen LogP contribution in [0.15, 0.2) is 48.5 Å². The standard InChI is InChI=1S/C22H23ClN2O3S2/c1-24(2)16-9-7-15(8-10-16)13-25(17-11-12-30(27,28)14-17)22(26)21-20(23)18-5-3-4-6-19(18)29-21/h3-10,17H,11-14H2,1-2H3/t17-/m0/s1. The van der Waals surface area contributed by atoms with Crippen LogP contribution in [-0.4, -0.2) is 50.9 Å².